The van der Waals surface area contributed by atoms with Gasteiger partial charge in [0.05, 0.1) is 6.04 Å². The molecule has 0 N–H and O–H groups in total. The van der Waals surface area contributed by atoms with Crippen molar-refractivity contribution in [2.24, 2.45) is 0 Å². The van der Waals surface area contributed by atoms with Gasteiger partial charge in [0.25, 0.3) is 0 Å². The third kappa shape index (κ3) is 4.01. The van der Waals surface area contributed by atoms with Gasteiger partial charge in [-0.05, 0) is 36.7 Å². The average molecular weight is 326 g/mol. The number of amides is 1. The second kappa shape index (κ2) is 7.58. The van der Waals surface area contributed by atoms with Gasteiger partial charge in [0.1, 0.15) is 5.82 Å². The van der Waals surface area contributed by atoms with Crippen molar-refractivity contribution in [3.63, 3.8) is 0 Å². The first-order valence-corrected chi connectivity index (χ1v) is 8.41. The lowest BCUT2D eigenvalue weighted by atomic mass is 10.0. The molecule has 0 aromatic heterocycles. The van der Waals surface area contributed by atoms with E-state index in [1.54, 1.807) is 6.07 Å². The molecule has 1 fully saturated rings. The Bertz CT molecular complexity index is 689. The summed E-state index contributed by atoms with van der Waals surface area (Å²) < 4.78 is 13.2. The van der Waals surface area contributed by atoms with Crippen LogP contribution < -0.4 is 0 Å². The minimum absolute atomic E-state index is 0.147. The van der Waals surface area contributed by atoms with E-state index in [-0.39, 0.29) is 17.8 Å². The van der Waals surface area contributed by atoms with Gasteiger partial charge in [0.2, 0.25) is 5.91 Å². The molecule has 2 aromatic rings. The topological polar surface area (TPSA) is 23.6 Å². The molecule has 1 unspecified atom stereocenters. The van der Waals surface area contributed by atoms with Gasteiger partial charge in [-0.25, -0.2) is 4.39 Å². The molecule has 2 aromatic carbocycles. The van der Waals surface area contributed by atoms with Crippen LogP contribution in [0.2, 0.25) is 0 Å². The van der Waals surface area contributed by atoms with Crippen molar-refractivity contribution in [3.05, 3.63) is 71.5 Å². The van der Waals surface area contributed by atoms with E-state index in [9.17, 15) is 9.18 Å². The maximum Gasteiger partial charge on any atom is 0.223 e. The van der Waals surface area contributed by atoms with E-state index < -0.39 is 0 Å². The number of rotatable bonds is 4. The monoisotopic (exact) mass is 326 g/mol. The van der Waals surface area contributed by atoms with Crippen molar-refractivity contribution >= 4 is 5.91 Å². The van der Waals surface area contributed by atoms with E-state index in [2.05, 4.69) is 24.1 Å². The maximum atomic E-state index is 13.2. The molecule has 0 aliphatic carbocycles. The zero-order chi connectivity index (χ0) is 16.9. The highest BCUT2D eigenvalue weighted by atomic mass is 19.1. The Morgan fingerprint density at radius 2 is 1.92 bits per heavy atom. The Morgan fingerprint density at radius 1 is 1.12 bits per heavy atom. The van der Waals surface area contributed by atoms with Crippen LogP contribution in [0.3, 0.4) is 0 Å². The van der Waals surface area contributed by atoms with Gasteiger partial charge in [-0.3, -0.25) is 9.69 Å². The van der Waals surface area contributed by atoms with Gasteiger partial charge in [-0.1, -0.05) is 42.5 Å². The van der Waals surface area contributed by atoms with Crippen LogP contribution in [-0.2, 0) is 11.2 Å². The number of carbonyl (C=O) groups is 1. The highest BCUT2D eigenvalue weighted by Crippen LogP contribution is 2.24. The van der Waals surface area contributed by atoms with Crippen LogP contribution in [0.25, 0.3) is 0 Å². The number of likely N-dealkylation sites (N-methyl/N-ethyl adjacent to an activating group) is 1. The third-order valence-electron chi connectivity index (χ3n) is 4.70. The van der Waals surface area contributed by atoms with Crippen LogP contribution in [0.4, 0.5) is 4.39 Å². The summed E-state index contributed by atoms with van der Waals surface area (Å²) in [6.45, 7) is 2.33. The molecule has 24 heavy (non-hydrogen) atoms. The smallest absolute Gasteiger partial charge is 0.223 e. The molecule has 1 amide bonds. The predicted molar refractivity (Wildman–Crippen MR) is 93.1 cm³/mol. The van der Waals surface area contributed by atoms with Crippen molar-refractivity contribution in [3.8, 4) is 0 Å². The van der Waals surface area contributed by atoms with E-state index in [1.807, 2.05) is 29.2 Å². The summed E-state index contributed by atoms with van der Waals surface area (Å²) >= 11 is 0. The molecule has 1 atom stereocenters. The molecule has 0 radical (unpaired) electrons. The fourth-order valence-corrected chi connectivity index (χ4v) is 3.24. The minimum atomic E-state index is -0.247. The van der Waals surface area contributed by atoms with E-state index in [1.165, 1.54) is 17.7 Å². The molecule has 3 rings (SSSR count). The molecular formula is C20H23FN2O. The number of benzene rings is 2. The summed E-state index contributed by atoms with van der Waals surface area (Å²) in [4.78, 5) is 16.8. The van der Waals surface area contributed by atoms with Crippen LogP contribution in [0.5, 0.6) is 0 Å². The van der Waals surface area contributed by atoms with Crippen LogP contribution in [0, 0.1) is 5.82 Å². The first kappa shape index (κ1) is 16.7. The standard InChI is InChI=1S/C20H23FN2O/c1-22-12-13-23(15-19(22)17-7-3-2-4-8-17)20(24)11-10-16-6-5-9-18(21)14-16/h2-9,14,19H,10-13,15H2,1H3. The number of hydrogen-bond acceptors (Lipinski definition) is 2. The van der Waals surface area contributed by atoms with Crippen LogP contribution in [0.1, 0.15) is 23.6 Å². The fraction of sp³-hybridized carbons (Fsp3) is 0.350. The first-order chi connectivity index (χ1) is 11.6. The Labute approximate surface area is 142 Å². The maximum absolute atomic E-state index is 13.2. The summed E-state index contributed by atoms with van der Waals surface area (Å²) in [5.74, 6) is -0.100. The summed E-state index contributed by atoms with van der Waals surface area (Å²) in [6.07, 6.45) is 1.01. The van der Waals surface area contributed by atoms with Crippen LogP contribution >= 0.6 is 0 Å². The number of nitrogens with zero attached hydrogens (tertiary/aromatic N) is 2. The zero-order valence-electron chi connectivity index (χ0n) is 14.0. The highest BCUT2D eigenvalue weighted by Gasteiger charge is 2.27. The van der Waals surface area contributed by atoms with Gasteiger partial charge in [-0.15, -0.1) is 0 Å². The lowest BCUT2D eigenvalue weighted by molar-refractivity contribution is -0.134. The average Bonchev–Trinajstić information content (AvgIpc) is 2.61. The number of hydrogen-bond donors (Lipinski definition) is 0. The fourth-order valence-electron chi connectivity index (χ4n) is 3.24. The van der Waals surface area contributed by atoms with Crippen molar-refractivity contribution in [2.45, 2.75) is 18.9 Å². The number of halogens is 1. The first-order valence-electron chi connectivity index (χ1n) is 8.41. The summed E-state index contributed by atoms with van der Waals surface area (Å²) in [7, 11) is 2.10. The zero-order valence-corrected chi connectivity index (χ0v) is 14.0. The van der Waals surface area contributed by atoms with E-state index >= 15 is 0 Å². The van der Waals surface area contributed by atoms with E-state index in [4.69, 9.17) is 0 Å². The molecule has 4 heteroatoms. The van der Waals surface area contributed by atoms with Crippen LogP contribution in [-0.4, -0.2) is 42.4 Å². The lowest BCUT2D eigenvalue weighted by Gasteiger charge is -2.39. The quantitative estimate of drug-likeness (QED) is 0.861. The van der Waals surface area contributed by atoms with Gasteiger partial charge >= 0.3 is 0 Å². The van der Waals surface area contributed by atoms with Gasteiger partial charge in [-0.2, -0.15) is 0 Å². The van der Waals surface area contributed by atoms with E-state index in [0.29, 0.717) is 19.4 Å². The molecule has 1 aliphatic rings. The van der Waals surface area contributed by atoms with E-state index in [0.717, 1.165) is 18.7 Å². The number of carbonyl (C=O) groups excluding carboxylic acids is 1. The molecule has 0 saturated carbocycles. The Balaban J connectivity index is 1.61. The Kier molecular flexibility index (Phi) is 5.26. The summed E-state index contributed by atoms with van der Waals surface area (Å²) in [6, 6.07) is 17.0. The summed E-state index contributed by atoms with van der Waals surface area (Å²) in [5.41, 5.74) is 2.11. The summed E-state index contributed by atoms with van der Waals surface area (Å²) in [5, 5.41) is 0. The molecular weight excluding hydrogens is 303 g/mol. The lowest BCUT2D eigenvalue weighted by Crippen LogP contribution is -2.49. The normalized spacial score (nSPS) is 18.6. The van der Waals surface area contributed by atoms with Gasteiger partial charge in [0, 0.05) is 26.1 Å². The predicted octanol–water partition coefficient (Wildman–Crippen LogP) is 3.27. The third-order valence-corrected chi connectivity index (χ3v) is 4.70. The van der Waals surface area contributed by atoms with Crippen molar-refractivity contribution < 1.29 is 9.18 Å². The minimum Gasteiger partial charge on any atom is -0.339 e. The SMILES string of the molecule is CN1CCN(C(=O)CCc2cccc(F)c2)CC1c1ccccc1. The molecule has 126 valence electrons. The highest BCUT2D eigenvalue weighted by molar-refractivity contribution is 5.76. The number of piperazine rings is 1. The van der Waals surface area contributed by atoms with Gasteiger partial charge in [0.15, 0.2) is 0 Å². The van der Waals surface area contributed by atoms with Crippen molar-refractivity contribution in [1.82, 2.24) is 9.80 Å². The Hall–Kier alpha value is -2.20. The molecule has 0 spiro atoms. The second-order valence-corrected chi connectivity index (χ2v) is 6.38. The molecule has 3 nitrogen and oxygen atoms in total. The van der Waals surface area contributed by atoms with Gasteiger partial charge < -0.3 is 4.90 Å². The molecule has 1 saturated heterocycles. The molecule has 1 aliphatic heterocycles. The van der Waals surface area contributed by atoms with Crippen molar-refractivity contribution in [2.75, 3.05) is 26.7 Å². The van der Waals surface area contributed by atoms with Crippen molar-refractivity contribution in [1.29, 1.82) is 0 Å². The molecule has 0 bridgehead atoms. The second-order valence-electron chi connectivity index (χ2n) is 6.38. The molecule has 1 heterocycles. The van der Waals surface area contributed by atoms with Crippen LogP contribution in [0.15, 0.2) is 54.6 Å². The Morgan fingerprint density at radius 3 is 2.67 bits per heavy atom. The number of aryl methyl sites for hydroxylation is 1. The largest absolute Gasteiger partial charge is 0.339 e.